The molecule has 0 aromatic carbocycles. The molecule has 2 heteroatoms. The maximum absolute atomic E-state index is 9.16. The molecular formula is C11H21NO. The molecule has 2 aliphatic rings. The van der Waals surface area contributed by atoms with Crippen molar-refractivity contribution < 1.29 is 5.11 Å². The van der Waals surface area contributed by atoms with Crippen LogP contribution >= 0.6 is 0 Å². The molecule has 0 spiro atoms. The Balaban J connectivity index is 1.78. The molecule has 0 amide bonds. The second-order valence-corrected chi connectivity index (χ2v) is 4.77. The van der Waals surface area contributed by atoms with Crippen LogP contribution in [0.15, 0.2) is 0 Å². The fraction of sp³-hybridized carbons (Fsp3) is 1.00. The van der Waals surface area contributed by atoms with Crippen molar-refractivity contribution in [2.75, 3.05) is 6.61 Å². The Labute approximate surface area is 80.7 Å². The van der Waals surface area contributed by atoms with E-state index in [0.29, 0.717) is 24.6 Å². The fourth-order valence-electron chi connectivity index (χ4n) is 2.54. The molecule has 13 heavy (non-hydrogen) atoms. The SMILES string of the molecule is CC(NC1CCCC1CO)C1CC1. The Morgan fingerprint density at radius 3 is 2.69 bits per heavy atom. The molecule has 0 aromatic heterocycles. The molecule has 0 aliphatic heterocycles. The average molecular weight is 183 g/mol. The van der Waals surface area contributed by atoms with Crippen LogP contribution in [0.1, 0.15) is 39.0 Å². The first-order valence-electron chi connectivity index (χ1n) is 5.68. The molecule has 2 fully saturated rings. The van der Waals surface area contributed by atoms with Crippen LogP contribution in [-0.4, -0.2) is 23.8 Å². The van der Waals surface area contributed by atoms with Crippen molar-refractivity contribution >= 4 is 0 Å². The van der Waals surface area contributed by atoms with Gasteiger partial charge in [0.05, 0.1) is 0 Å². The minimum Gasteiger partial charge on any atom is -0.396 e. The van der Waals surface area contributed by atoms with Crippen LogP contribution in [0.25, 0.3) is 0 Å². The van der Waals surface area contributed by atoms with E-state index in [9.17, 15) is 0 Å². The molecule has 2 nitrogen and oxygen atoms in total. The predicted molar refractivity (Wildman–Crippen MR) is 53.5 cm³/mol. The molecule has 0 saturated heterocycles. The Morgan fingerprint density at radius 2 is 2.08 bits per heavy atom. The van der Waals surface area contributed by atoms with Gasteiger partial charge in [-0.2, -0.15) is 0 Å². The van der Waals surface area contributed by atoms with Crippen molar-refractivity contribution in [2.24, 2.45) is 11.8 Å². The van der Waals surface area contributed by atoms with E-state index in [2.05, 4.69) is 12.2 Å². The number of nitrogens with one attached hydrogen (secondary N) is 1. The van der Waals surface area contributed by atoms with Crippen LogP contribution in [0.2, 0.25) is 0 Å². The lowest BCUT2D eigenvalue weighted by Crippen LogP contribution is -2.40. The minimum atomic E-state index is 0.370. The number of hydrogen-bond acceptors (Lipinski definition) is 2. The highest BCUT2D eigenvalue weighted by molar-refractivity contribution is 4.89. The zero-order valence-corrected chi connectivity index (χ0v) is 8.50. The summed E-state index contributed by atoms with van der Waals surface area (Å²) in [5, 5.41) is 12.8. The molecule has 0 aromatic rings. The van der Waals surface area contributed by atoms with Crippen LogP contribution in [0.5, 0.6) is 0 Å². The summed E-state index contributed by atoms with van der Waals surface area (Å²) in [5.41, 5.74) is 0. The molecule has 0 heterocycles. The Morgan fingerprint density at radius 1 is 1.31 bits per heavy atom. The summed E-state index contributed by atoms with van der Waals surface area (Å²) in [6, 6.07) is 1.28. The van der Waals surface area contributed by atoms with Gasteiger partial charge in [-0.15, -0.1) is 0 Å². The molecule has 3 unspecified atom stereocenters. The lowest BCUT2D eigenvalue weighted by molar-refractivity contribution is 0.198. The van der Waals surface area contributed by atoms with Crippen molar-refractivity contribution in [2.45, 2.75) is 51.1 Å². The van der Waals surface area contributed by atoms with Gasteiger partial charge in [-0.1, -0.05) is 6.42 Å². The van der Waals surface area contributed by atoms with Gasteiger partial charge < -0.3 is 10.4 Å². The molecule has 2 saturated carbocycles. The van der Waals surface area contributed by atoms with E-state index in [-0.39, 0.29) is 0 Å². The van der Waals surface area contributed by atoms with Crippen molar-refractivity contribution in [1.82, 2.24) is 5.32 Å². The summed E-state index contributed by atoms with van der Waals surface area (Å²) < 4.78 is 0. The first-order chi connectivity index (χ1) is 6.31. The Hall–Kier alpha value is -0.0800. The van der Waals surface area contributed by atoms with Gasteiger partial charge in [0.15, 0.2) is 0 Å². The zero-order valence-electron chi connectivity index (χ0n) is 8.50. The molecule has 0 radical (unpaired) electrons. The second kappa shape index (κ2) is 3.97. The van der Waals surface area contributed by atoms with Gasteiger partial charge in [0.25, 0.3) is 0 Å². The summed E-state index contributed by atoms with van der Waals surface area (Å²) in [6.07, 6.45) is 6.59. The van der Waals surface area contributed by atoms with Crippen LogP contribution in [-0.2, 0) is 0 Å². The van der Waals surface area contributed by atoms with E-state index >= 15 is 0 Å². The minimum absolute atomic E-state index is 0.370. The quantitative estimate of drug-likeness (QED) is 0.693. The first-order valence-corrected chi connectivity index (χ1v) is 5.68. The van der Waals surface area contributed by atoms with Gasteiger partial charge in [-0.25, -0.2) is 0 Å². The van der Waals surface area contributed by atoms with Crippen LogP contribution in [0, 0.1) is 11.8 Å². The third-order valence-electron chi connectivity index (χ3n) is 3.70. The van der Waals surface area contributed by atoms with Crippen LogP contribution in [0.3, 0.4) is 0 Å². The predicted octanol–water partition coefficient (Wildman–Crippen LogP) is 1.54. The molecule has 76 valence electrons. The summed E-state index contributed by atoms with van der Waals surface area (Å²) in [6.45, 7) is 2.67. The van der Waals surface area contributed by atoms with E-state index in [4.69, 9.17) is 5.11 Å². The summed E-state index contributed by atoms with van der Waals surface area (Å²) in [4.78, 5) is 0. The third kappa shape index (κ3) is 2.23. The fourth-order valence-corrected chi connectivity index (χ4v) is 2.54. The van der Waals surface area contributed by atoms with Gasteiger partial charge in [0, 0.05) is 18.7 Å². The normalized spacial score (nSPS) is 36.5. The van der Waals surface area contributed by atoms with E-state index in [0.717, 1.165) is 5.92 Å². The van der Waals surface area contributed by atoms with E-state index in [1.165, 1.54) is 32.1 Å². The number of rotatable bonds is 4. The lowest BCUT2D eigenvalue weighted by Gasteiger charge is -2.23. The highest BCUT2D eigenvalue weighted by Gasteiger charge is 2.33. The first kappa shape index (κ1) is 9.47. The van der Waals surface area contributed by atoms with Crippen molar-refractivity contribution in [3.63, 3.8) is 0 Å². The summed E-state index contributed by atoms with van der Waals surface area (Å²) in [7, 11) is 0. The Kier molecular flexibility index (Phi) is 2.89. The van der Waals surface area contributed by atoms with Crippen molar-refractivity contribution in [3.05, 3.63) is 0 Å². The van der Waals surface area contributed by atoms with E-state index in [1.54, 1.807) is 0 Å². The van der Waals surface area contributed by atoms with Crippen molar-refractivity contribution in [1.29, 1.82) is 0 Å². The maximum atomic E-state index is 9.16. The van der Waals surface area contributed by atoms with E-state index < -0.39 is 0 Å². The monoisotopic (exact) mass is 183 g/mol. The lowest BCUT2D eigenvalue weighted by atomic mass is 10.0. The van der Waals surface area contributed by atoms with Gasteiger partial charge in [-0.05, 0) is 44.4 Å². The van der Waals surface area contributed by atoms with Gasteiger partial charge >= 0.3 is 0 Å². The van der Waals surface area contributed by atoms with Crippen molar-refractivity contribution in [3.8, 4) is 0 Å². The average Bonchev–Trinajstić information content (AvgIpc) is 2.88. The summed E-state index contributed by atoms with van der Waals surface area (Å²) >= 11 is 0. The van der Waals surface area contributed by atoms with Crippen LogP contribution < -0.4 is 5.32 Å². The molecule has 2 rings (SSSR count). The van der Waals surface area contributed by atoms with Gasteiger partial charge in [-0.3, -0.25) is 0 Å². The number of aliphatic hydroxyl groups is 1. The van der Waals surface area contributed by atoms with Gasteiger partial charge in [0.2, 0.25) is 0 Å². The molecule has 2 aliphatic carbocycles. The molecule has 2 N–H and O–H groups in total. The van der Waals surface area contributed by atoms with E-state index in [1.807, 2.05) is 0 Å². The number of aliphatic hydroxyl groups excluding tert-OH is 1. The van der Waals surface area contributed by atoms with Gasteiger partial charge in [0.1, 0.15) is 0 Å². The maximum Gasteiger partial charge on any atom is 0.0474 e. The zero-order chi connectivity index (χ0) is 9.26. The molecule has 0 bridgehead atoms. The van der Waals surface area contributed by atoms with Crippen LogP contribution in [0.4, 0.5) is 0 Å². The standard InChI is InChI=1S/C11H21NO/c1-8(9-5-6-9)12-11-4-2-3-10(11)7-13/h8-13H,2-7H2,1H3. The highest BCUT2D eigenvalue weighted by atomic mass is 16.3. The second-order valence-electron chi connectivity index (χ2n) is 4.77. The highest BCUT2D eigenvalue weighted by Crippen LogP contribution is 2.34. The smallest absolute Gasteiger partial charge is 0.0474 e. The number of hydrogen-bond donors (Lipinski definition) is 2. The molecule has 3 atom stereocenters. The Bertz CT molecular complexity index is 167. The third-order valence-corrected chi connectivity index (χ3v) is 3.70. The molecular weight excluding hydrogens is 162 g/mol. The topological polar surface area (TPSA) is 32.3 Å². The largest absolute Gasteiger partial charge is 0.396 e. The summed E-state index contributed by atoms with van der Waals surface area (Å²) in [5.74, 6) is 1.46.